The minimum absolute atomic E-state index is 0.0124. The molecular formula is C46H59N4O6P. The number of allylic oxidation sites excluding steroid dienone is 9. The van der Waals surface area contributed by atoms with Crippen molar-refractivity contribution in [3.8, 4) is 5.75 Å². The van der Waals surface area contributed by atoms with Crippen molar-refractivity contribution in [2.45, 2.75) is 52.6 Å². The Morgan fingerprint density at radius 3 is 2.65 bits per heavy atom. The maximum atomic E-state index is 12.9. The molecule has 3 aromatic rings. The minimum atomic E-state index is -3.09. The summed E-state index contributed by atoms with van der Waals surface area (Å²) in [4.78, 5) is 19.9. The van der Waals surface area contributed by atoms with E-state index in [0.717, 1.165) is 58.3 Å². The van der Waals surface area contributed by atoms with Gasteiger partial charge in [0.1, 0.15) is 18.5 Å². The third-order valence-corrected chi connectivity index (χ3v) is 11.8. The smallest absolute Gasteiger partial charge is 0.330 e. The molecule has 1 amide bonds. The van der Waals surface area contributed by atoms with Crippen molar-refractivity contribution in [3.63, 3.8) is 0 Å². The highest BCUT2D eigenvalue weighted by atomic mass is 31.2. The van der Waals surface area contributed by atoms with Crippen molar-refractivity contribution < 1.29 is 28.3 Å². The van der Waals surface area contributed by atoms with Crippen LogP contribution in [0.15, 0.2) is 119 Å². The molecule has 0 fully saturated rings. The Labute approximate surface area is 338 Å². The molecule has 1 aliphatic carbocycles. The van der Waals surface area contributed by atoms with E-state index in [1.165, 1.54) is 11.3 Å². The van der Waals surface area contributed by atoms with Crippen LogP contribution in [-0.4, -0.2) is 88.1 Å². The van der Waals surface area contributed by atoms with Crippen LogP contribution >= 0.6 is 7.60 Å². The first-order chi connectivity index (χ1) is 27.8. The molecule has 3 aromatic carbocycles. The van der Waals surface area contributed by atoms with Gasteiger partial charge in [0.25, 0.3) is 0 Å². The van der Waals surface area contributed by atoms with Crippen LogP contribution in [0.2, 0.25) is 0 Å². The number of nitrogens with one attached hydrogen (secondary N) is 2. The second-order valence-corrected chi connectivity index (χ2v) is 16.1. The Kier molecular flexibility index (Phi) is 17.6. The highest BCUT2D eigenvalue weighted by Gasteiger charge is 2.23. The lowest BCUT2D eigenvalue weighted by atomic mass is 9.96. The van der Waals surface area contributed by atoms with Gasteiger partial charge in [-0.15, -0.1) is 0 Å². The van der Waals surface area contributed by atoms with Crippen molar-refractivity contribution in [2.75, 3.05) is 70.2 Å². The first-order valence-corrected chi connectivity index (χ1v) is 22.0. The number of carbonyl (C=O) groups excluding carboxylic acids is 1. The predicted molar refractivity (Wildman–Crippen MR) is 235 cm³/mol. The highest BCUT2D eigenvalue weighted by Crippen LogP contribution is 2.48. The molecule has 3 N–H and O–H groups in total. The fourth-order valence-corrected chi connectivity index (χ4v) is 8.61. The number of aryl methyl sites for hydroxylation is 1. The molecule has 1 atom stereocenters. The van der Waals surface area contributed by atoms with E-state index in [2.05, 4.69) is 58.0 Å². The van der Waals surface area contributed by atoms with Gasteiger partial charge in [-0.05, 0) is 86.4 Å². The van der Waals surface area contributed by atoms with E-state index in [9.17, 15) is 14.5 Å². The largest absolute Gasteiger partial charge is 0.490 e. The maximum Gasteiger partial charge on any atom is 0.330 e. The molecule has 2 aliphatic rings. The van der Waals surface area contributed by atoms with Crippen molar-refractivity contribution in [1.29, 1.82) is 0 Å². The SMILES string of the molecule is C/C=C\C(C=Cc1ccc2c(c1)CCCN2CCC(=O)NCCNCC(O)COc1cccc2ccccc12)=C1\C=CC=CC1=NCCCP(=O)(OCC)OCC. The summed E-state index contributed by atoms with van der Waals surface area (Å²) in [5.74, 6) is 0.768. The molecule has 0 saturated carbocycles. The Hall–Kier alpha value is -4.57. The number of rotatable bonds is 22. The van der Waals surface area contributed by atoms with Crippen LogP contribution in [0, 0.1) is 0 Å². The van der Waals surface area contributed by atoms with E-state index < -0.39 is 13.7 Å². The van der Waals surface area contributed by atoms with Crippen LogP contribution in [-0.2, 0) is 24.8 Å². The zero-order valence-electron chi connectivity index (χ0n) is 33.7. The number of benzene rings is 3. The molecule has 11 heteroatoms. The summed E-state index contributed by atoms with van der Waals surface area (Å²) in [6, 6.07) is 20.5. The van der Waals surface area contributed by atoms with E-state index in [0.29, 0.717) is 64.9 Å². The topological polar surface area (TPSA) is 122 Å². The lowest BCUT2D eigenvalue weighted by molar-refractivity contribution is -0.120. The molecule has 304 valence electrons. The number of carbonyl (C=O) groups is 1. The number of aliphatic hydroxyl groups excluding tert-OH is 1. The fourth-order valence-electron chi connectivity index (χ4n) is 6.96. The Morgan fingerprint density at radius 1 is 1.02 bits per heavy atom. The van der Waals surface area contributed by atoms with Crippen LogP contribution < -0.4 is 20.3 Å². The number of hydrogen-bond acceptors (Lipinski definition) is 9. The number of anilines is 1. The molecule has 0 aromatic heterocycles. The summed E-state index contributed by atoms with van der Waals surface area (Å²) < 4.78 is 29.6. The fraction of sp³-hybridized carbons (Fsp3) is 0.391. The number of nitrogens with zero attached hydrogens (tertiary/aromatic N) is 2. The van der Waals surface area contributed by atoms with Gasteiger partial charge in [0, 0.05) is 62.3 Å². The van der Waals surface area contributed by atoms with Gasteiger partial charge in [0.15, 0.2) is 0 Å². The number of amides is 1. The second-order valence-electron chi connectivity index (χ2n) is 13.9. The Morgan fingerprint density at radius 2 is 1.82 bits per heavy atom. The highest BCUT2D eigenvalue weighted by molar-refractivity contribution is 7.53. The molecular weight excluding hydrogens is 736 g/mol. The van der Waals surface area contributed by atoms with Crippen LogP contribution in [0.4, 0.5) is 5.69 Å². The Balaban J connectivity index is 1.08. The van der Waals surface area contributed by atoms with Gasteiger partial charge >= 0.3 is 7.60 Å². The lowest BCUT2D eigenvalue weighted by Gasteiger charge is -2.31. The molecule has 5 rings (SSSR count). The first-order valence-electron chi connectivity index (χ1n) is 20.3. The third kappa shape index (κ3) is 13.5. The summed E-state index contributed by atoms with van der Waals surface area (Å²) in [6.45, 7) is 10.1. The second kappa shape index (κ2) is 23.0. The monoisotopic (exact) mass is 794 g/mol. The quantitative estimate of drug-likeness (QED) is 0.0688. The summed E-state index contributed by atoms with van der Waals surface area (Å²) in [5.41, 5.74) is 6.56. The number of ether oxygens (including phenoxy) is 1. The first kappa shape index (κ1) is 43.6. The molecule has 1 heterocycles. The predicted octanol–water partition coefficient (Wildman–Crippen LogP) is 8.24. The number of hydrogen-bond donors (Lipinski definition) is 3. The van der Waals surface area contributed by atoms with E-state index >= 15 is 0 Å². The van der Waals surface area contributed by atoms with Crippen LogP contribution in [0.25, 0.3) is 16.8 Å². The van der Waals surface area contributed by atoms with Crippen molar-refractivity contribution >= 4 is 41.8 Å². The number of aliphatic hydroxyl groups is 1. The standard InChI is InChI=1S/C46H59N4O6P/c1-4-14-37(41-18-9-10-20-43(41)48-27-13-32-57(53,55-5-2)56-6-3)24-22-36-23-25-44-39(33-36)17-12-30-50(44)31-26-46(52)49-29-28-47-34-40(51)35-54-45-21-11-16-38-15-7-8-19-42(38)45/h4,7-11,14-16,18-25,33,40,47,51H,5-6,12-13,17,26-32,34-35H2,1-3H3,(H,49,52)/b14-4-,24-22?,41-37+,48-43?. The molecule has 10 nitrogen and oxygen atoms in total. The third-order valence-electron chi connectivity index (χ3n) is 9.65. The van der Waals surface area contributed by atoms with Crippen molar-refractivity contribution in [3.05, 3.63) is 125 Å². The van der Waals surface area contributed by atoms with Gasteiger partial charge in [0.05, 0.1) is 25.1 Å². The molecule has 0 saturated heterocycles. The molecule has 1 unspecified atom stereocenters. The molecule has 1 aliphatic heterocycles. The van der Waals surface area contributed by atoms with E-state index in [-0.39, 0.29) is 12.5 Å². The number of fused-ring (bicyclic) bond motifs is 2. The average molecular weight is 795 g/mol. The van der Waals surface area contributed by atoms with Crippen LogP contribution in [0.5, 0.6) is 5.75 Å². The van der Waals surface area contributed by atoms with E-state index in [1.54, 1.807) is 0 Å². The van der Waals surface area contributed by atoms with Crippen molar-refractivity contribution in [2.24, 2.45) is 4.99 Å². The molecule has 0 radical (unpaired) electrons. The van der Waals surface area contributed by atoms with E-state index in [1.807, 2.05) is 87.5 Å². The lowest BCUT2D eigenvalue weighted by Crippen LogP contribution is -2.38. The van der Waals surface area contributed by atoms with Gasteiger partial charge in [-0.2, -0.15) is 0 Å². The normalized spacial score (nSPS) is 16.5. The van der Waals surface area contributed by atoms with Crippen LogP contribution in [0.1, 0.15) is 51.2 Å². The molecule has 57 heavy (non-hydrogen) atoms. The summed E-state index contributed by atoms with van der Waals surface area (Å²) >= 11 is 0. The summed E-state index contributed by atoms with van der Waals surface area (Å²) in [6.07, 6.45) is 19.2. The van der Waals surface area contributed by atoms with Gasteiger partial charge in [-0.25, -0.2) is 0 Å². The van der Waals surface area contributed by atoms with Gasteiger partial charge in [-0.3, -0.25) is 14.4 Å². The van der Waals surface area contributed by atoms with Crippen LogP contribution in [0.3, 0.4) is 0 Å². The molecule has 0 spiro atoms. The Bertz CT molecular complexity index is 2000. The zero-order chi connectivity index (χ0) is 40.3. The summed E-state index contributed by atoms with van der Waals surface area (Å²) in [7, 11) is -3.09. The van der Waals surface area contributed by atoms with Crippen molar-refractivity contribution in [1.82, 2.24) is 10.6 Å². The van der Waals surface area contributed by atoms with Gasteiger partial charge in [0.2, 0.25) is 5.91 Å². The maximum absolute atomic E-state index is 12.9. The summed E-state index contributed by atoms with van der Waals surface area (Å²) in [5, 5.41) is 18.8. The zero-order valence-corrected chi connectivity index (χ0v) is 34.6. The van der Waals surface area contributed by atoms with Gasteiger partial charge in [-0.1, -0.05) is 85.0 Å². The molecule has 0 bridgehead atoms. The van der Waals surface area contributed by atoms with E-state index in [4.69, 9.17) is 18.8 Å². The van der Waals surface area contributed by atoms with Gasteiger partial charge < -0.3 is 34.4 Å². The minimum Gasteiger partial charge on any atom is -0.490 e. The number of aliphatic imine (C=N–C) groups is 1. The average Bonchev–Trinajstić information content (AvgIpc) is 3.22.